The first-order valence-corrected chi connectivity index (χ1v) is 5.96. The fourth-order valence-electron chi connectivity index (χ4n) is 1.52. The van der Waals surface area contributed by atoms with Gasteiger partial charge in [-0.15, -0.1) is 5.10 Å². The minimum atomic E-state index is -0.878. The molecule has 2 heterocycles. The number of ether oxygens (including phenoxy) is 1. The van der Waals surface area contributed by atoms with E-state index in [1.807, 2.05) is 0 Å². The van der Waals surface area contributed by atoms with Crippen molar-refractivity contribution in [1.29, 1.82) is 0 Å². The minimum Gasteiger partial charge on any atom is -0.481 e. The zero-order valence-electron chi connectivity index (χ0n) is 8.57. The van der Waals surface area contributed by atoms with Crippen molar-refractivity contribution >= 4 is 17.7 Å². The third-order valence-electron chi connectivity index (χ3n) is 2.22. The molecule has 1 atom stereocenters. The number of hydrogen-bond donors (Lipinski definition) is 1. The van der Waals surface area contributed by atoms with Crippen molar-refractivity contribution < 1.29 is 14.6 Å². The quantitative estimate of drug-likeness (QED) is 0.730. The Bertz CT molecular complexity index is 364. The number of aromatic nitrogens is 4. The average Bonchev–Trinajstić information content (AvgIpc) is 2.87. The second kappa shape index (κ2) is 5.26. The molecule has 7 nitrogen and oxygen atoms in total. The van der Waals surface area contributed by atoms with Crippen molar-refractivity contribution in [2.24, 2.45) is 0 Å². The van der Waals surface area contributed by atoms with Crippen LogP contribution in [0, 0.1) is 0 Å². The number of aliphatic carboxylic acids is 1. The van der Waals surface area contributed by atoms with Gasteiger partial charge in [-0.25, -0.2) is 4.68 Å². The number of thioether (sulfide) groups is 1. The fraction of sp³-hybridized carbons (Fsp3) is 0.750. The molecule has 0 aliphatic carbocycles. The summed E-state index contributed by atoms with van der Waals surface area (Å²) in [6, 6.07) is 0. The Hall–Kier alpha value is -1.15. The highest BCUT2D eigenvalue weighted by atomic mass is 32.2. The highest BCUT2D eigenvalue weighted by molar-refractivity contribution is 7.99. The highest BCUT2D eigenvalue weighted by Crippen LogP contribution is 2.17. The van der Waals surface area contributed by atoms with Gasteiger partial charge in [-0.2, -0.15) is 0 Å². The Kier molecular flexibility index (Phi) is 3.73. The second-order valence-corrected chi connectivity index (χ2v) is 4.40. The summed E-state index contributed by atoms with van der Waals surface area (Å²) in [5.41, 5.74) is 0. The first kappa shape index (κ1) is 11.3. The van der Waals surface area contributed by atoms with E-state index in [0.717, 1.165) is 31.2 Å². The van der Waals surface area contributed by atoms with Gasteiger partial charge >= 0.3 is 5.97 Å². The van der Waals surface area contributed by atoms with Crippen LogP contribution in [0.1, 0.15) is 12.8 Å². The third kappa shape index (κ3) is 2.92. The van der Waals surface area contributed by atoms with E-state index in [1.165, 1.54) is 0 Å². The van der Waals surface area contributed by atoms with Gasteiger partial charge in [0.15, 0.2) is 0 Å². The summed E-state index contributed by atoms with van der Waals surface area (Å²) in [7, 11) is 0. The summed E-state index contributed by atoms with van der Waals surface area (Å²) < 4.78 is 7.07. The van der Waals surface area contributed by atoms with Gasteiger partial charge in [-0.1, -0.05) is 11.8 Å². The molecule has 2 rings (SSSR count). The number of tetrazole rings is 1. The van der Waals surface area contributed by atoms with E-state index in [1.54, 1.807) is 4.68 Å². The van der Waals surface area contributed by atoms with Crippen LogP contribution >= 0.6 is 11.8 Å². The fourth-order valence-corrected chi connectivity index (χ4v) is 2.13. The molecule has 1 aliphatic heterocycles. The van der Waals surface area contributed by atoms with Crippen LogP contribution < -0.4 is 0 Å². The van der Waals surface area contributed by atoms with Crippen LogP contribution in [0.4, 0.5) is 0 Å². The summed E-state index contributed by atoms with van der Waals surface area (Å²) in [5.74, 6) is -0.914. The van der Waals surface area contributed by atoms with Crippen molar-refractivity contribution in [1.82, 2.24) is 20.2 Å². The van der Waals surface area contributed by atoms with Crippen LogP contribution in [0.2, 0.25) is 0 Å². The lowest BCUT2D eigenvalue weighted by molar-refractivity contribution is -0.133. The molecule has 0 bridgehead atoms. The van der Waals surface area contributed by atoms with Crippen LogP contribution in [-0.4, -0.2) is 49.7 Å². The lowest BCUT2D eigenvalue weighted by Gasteiger charge is -2.09. The van der Waals surface area contributed by atoms with Gasteiger partial charge in [0.25, 0.3) is 0 Å². The predicted molar refractivity (Wildman–Crippen MR) is 55.2 cm³/mol. The first-order valence-electron chi connectivity index (χ1n) is 4.98. The Morgan fingerprint density at radius 2 is 2.56 bits per heavy atom. The van der Waals surface area contributed by atoms with Crippen molar-refractivity contribution in [2.45, 2.75) is 30.6 Å². The molecule has 1 fully saturated rings. The Morgan fingerprint density at radius 1 is 1.69 bits per heavy atom. The van der Waals surface area contributed by atoms with E-state index in [-0.39, 0.29) is 11.9 Å². The summed E-state index contributed by atoms with van der Waals surface area (Å²) in [6.45, 7) is 1.37. The lowest BCUT2D eigenvalue weighted by atomic mass is 10.2. The zero-order valence-corrected chi connectivity index (χ0v) is 9.39. The van der Waals surface area contributed by atoms with Crippen LogP contribution in [0.15, 0.2) is 5.16 Å². The van der Waals surface area contributed by atoms with E-state index in [9.17, 15) is 4.79 Å². The van der Waals surface area contributed by atoms with Crippen LogP contribution in [-0.2, 0) is 16.1 Å². The number of rotatable bonds is 5. The minimum absolute atomic E-state index is 0.0358. The monoisotopic (exact) mass is 244 g/mol. The molecule has 88 valence electrons. The lowest BCUT2D eigenvalue weighted by Crippen LogP contribution is -2.17. The molecule has 1 aliphatic rings. The molecule has 1 N–H and O–H groups in total. The van der Waals surface area contributed by atoms with Gasteiger partial charge in [0.2, 0.25) is 5.16 Å². The molecule has 0 spiro atoms. The molecule has 0 radical (unpaired) electrons. The van der Waals surface area contributed by atoms with Crippen LogP contribution in [0.25, 0.3) is 0 Å². The number of carboxylic acid groups (broad SMARTS) is 1. The highest BCUT2D eigenvalue weighted by Gasteiger charge is 2.19. The summed E-state index contributed by atoms with van der Waals surface area (Å²) >= 11 is 1.12. The topological polar surface area (TPSA) is 90.1 Å². The van der Waals surface area contributed by atoms with E-state index in [0.29, 0.717) is 11.7 Å². The van der Waals surface area contributed by atoms with Gasteiger partial charge in [0.1, 0.15) is 0 Å². The maximum Gasteiger partial charge on any atom is 0.313 e. The molecular weight excluding hydrogens is 232 g/mol. The molecule has 0 aromatic carbocycles. The van der Waals surface area contributed by atoms with Crippen LogP contribution in [0.5, 0.6) is 0 Å². The van der Waals surface area contributed by atoms with E-state index >= 15 is 0 Å². The van der Waals surface area contributed by atoms with E-state index < -0.39 is 5.97 Å². The molecule has 0 saturated carbocycles. The maximum absolute atomic E-state index is 10.4. The summed E-state index contributed by atoms with van der Waals surface area (Å²) in [5, 5.41) is 20.2. The molecule has 1 saturated heterocycles. The van der Waals surface area contributed by atoms with Gasteiger partial charge in [0, 0.05) is 6.61 Å². The smallest absolute Gasteiger partial charge is 0.313 e. The molecule has 1 aromatic rings. The number of carboxylic acids is 1. The summed E-state index contributed by atoms with van der Waals surface area (Å²) in [6.07, 6.45) is 2.21. The Balaban J connectivity index is 1.92. The van der Waals surface area contributed by atoms with Gasteiger partial charge in [-0.3, -0.25) is 4.79 Å². The number of hydrogen-bond acceptors (Lipinski definition) is 6. The molecule has 1 unspecified atom stereocenters. The third-order valence-corrected chi connectivity index (χ3v) is 3.17. The molecular formula is C8H12N4O3S. The normalized spacial score (nSPS) is 20.1. The SMILES string of the molecule is O=C(O)CSc1nnnn1CC1CCCO1. The van der Waals surface area contributed by atoms with Crippen molar-refractivity contribution in [3.63, 3.8) is 0 Å². The van der Waals surface area contributed by atoms with E-state index in [2.05, 4.69) is 15.5 Å². The molecule has 8 heteroatoms. The van der Waals surface area contributed by atoms with Crippen molar-refractivity contribution in [2.75, 3.05) is 12.4 Å². The van der Waals surface area contributed by atoms with Crippen molar-refractivity contribution in [3.05, 3.63) is 0 Å². The van der Waals surface area contributed by atoms with E-state index in [4.69, 9.17) is 9.84 Å². The predicted octanol–water partition coefficient (Wildman–Crippen LogP) is 0.0288. The van der Waals surface area contributed by atoms with Crippen molar-refractivity contribution in [3.8, 4) is 0 Å². The summed E-state index contributed by atoms with van der Waals surface area (Å²) in [4.78, 5) is 10.4. The zero-order chi connectivity index (χ0) is 11.4. The van der Waals surface area contributed by atoms with Gasteiger partial charge in [-0.05, 0) is 23.3 Å². The Morgan fingerprint density at radius 3 is 3.25 bits per heavy atom. The molecule has 1 aromatic heterocycles. The average molecular weight is 244 g/mol. The largest absolute Gasteiger partial charge is 0.481 e. The van der Waals surface area contributed by atoms with Gasteiger partial charge in [0.05, 0.1) is 18.4 Å². The van der Waals surface area contributed by atoms with Gasteiger partial charge < -0.3 is 9.84 Å². The maximum atomic E-state index is 10.4. The first-order chi connectivity index (χ1) is 7.75. The second-order valence-electron chi connectivity index (χ2n) is 3.46. The standard InChI is InChI=1S/C8H12N4O3S/c13-7(14)5-16-8-9-10-11-12(8)4-6-2-1-3-15-6/h6H,1-5H2,(H,13,14). The number of nitrogens with zero attached hydrogens (tertiary/aromatic N) is 4. The number of carbonyl (C=O) groups is 1. The Labute approximate surface area is 96.2 Å². The van der Waals surface area contributed by atoms with Crippen LogP contribution in [0.3, 0.4) is 0 Å². The molecule has 0 amide bonds. The molecule has 16 heavy (non-hydrogen) atoms.